The van der Waals surface area contributed by atoms with Crippen LogP contribution in [0, 0.1) is 0 Å². The van der Waals surface area contributed by atoms with E-state index in [1.54, 1.807) is 18.2 Å². The van der Waals surface area contributed by atoms with Crippen molar-refractivity contribution in [1.29, 1.82) is 0 Å². The molecule has 120 valence electrons. The Bertz CT molecular complexity index is 891. The molecule has 0 aliphatic rings. The lowest BCUT2D eigenvalue weighted by molar-refractivity contribution is 0.103. The molecule has 4 heteroatoms. The van der Waals surface area contributed by atoms with Gasteiger partial charge in [-0.05, 0) is 47.9 Å². The number of anilines is 2. The van der Waals surface area contributed by atoms with Crippen LogP contribution in [0.2, 0.25) is 5.02 Å². The molecule has 3 nitrogen and oxygen atoms in total. The summed E-state index contributed by atoms with van der Waals surface area (Å²) in [6.07, 6.45) is 0.556. The Morgan fingerprint density at radius 2 is 1.67 bits per heavy atom. The largest absolute Gasteiger partial charge is 0.399 e. The van der Waals surface area contributed by atoms with Crippen LogP contribution in [0.25, 0.3) is 0 Å². The van der Waals surface area contributed by atoms with Crippen LogP contribution in [0.4, 0.5) is 11.4 Å². The minimum absolute atomic E-state index is 0.0208. The van der Waals surface area contributed by atoms with E-state index in [0.717, 1.165) is 11.1 Å². The van der Waals surface area contributed by atoms with Gasteiger partial charge in [0.05, 0.1) is 10.7 Å². The lowest BCUT2D eigenvalue weighted by Gasteiger charge is -2.11. The SMILES string of the molecule is Nc1ccc(C(=O)c2ccccc2)c(Cc2ccc(Cl)c(N)c2)c1. The summed E-state index contributed by atoms with van der Waals surface area (Å²) in [6.45, 7) is 0. The number of carbonyl (C=O) groups excluding carboxylic acids is 1. The highest BCUT2D eigenvalue weighted by Gasteiger charge is 2.14. The average Bonchev–Trinajstić information content (AvgIpc) is 2.59. The zero-order chi connectivity index (χ0) is 17.1. The topological polar surface area (TPSA) is 69.1 Å². The monoisotopic (exact) mass is 336 g/mol. The number of hydrogen-bond donors (Lipinski definition) is 2. The fraction of sp³-hybridized carbons (Fsp3) is 0.0500. The number of benzene rings is 3. The normalized spacial score (nSPS) is 10.5. The molecular formula is C20H17ClN2O. The molecule has 0 aromatic heterocycles. The van der Waals surface area contributed by atoms with Gasteiger partial charge in [-0.15, -0.1) is 0 Å². The van der Waals surface area contributed by atoms with E-state index in [1.807, 2.05) is 48.5 Å². The van der Waals surface area contributed by atoms with Crippen molar-refractivity contribution in [2.75, 3.05) is 11.5 Å². The smallest absolute Gasteiger partial charge is 0.193 e. The predicted molar refractivity (Wildman–Crippen MR) is 99.4 cm³/mol. The van der Waals surface area contributed by atoms with Gasteiger partial charge in [-0.3, -0.25) is 4.79 Å². The Balaban J connectivity index is 1.99. The fourth-order valence-corrected chi connectivity index (χ4v) is 2.77. The van der Waals surface area contributed by atoms with Crippen LogP contribution in [-0.2, 0) is 6.42 Å². The molecule has 3 aromatic carbocycles. The summed E-state index contributed by atoms with van der Waals surface area (Å²) in [4.78, 5) is 12.8. The lowest BCUT2D eigenvalue weighted by Crippen LogP contribution is -2.07. The highest BCUT2D eigenvalue weighted by atomic mass is 35.5. The van der Waals surface area contributed by atoms with E-state index in [2.05, 4.69) is 0 Å². The minimum Gasteiger partial charge on any atom is -0.399 e. The van der Waals surface area contributed by atoms with E-state index in [4.69, 9.17) is 23.1 Å². The summed E-state index contributed by atoms with van der Waals surface area (Å²) in [5, 5.41) is 0.520. The second-order valence-corrected chi connectivity index (χ2v) is 6.05. The maximum atomic E-state index is 12.8. The summed E-state index contributed by atoms with van der Waals surface area (Å²) in [5.74, 6) is -0.0208. The van der Waals surface area contributed by atoms with Crippen LogP contribution in [0.1, 0.15) is 27.0 Å². The molecule has 0 heterocycles. The van der Waals surface area contributed by atoms with E-state index in [9.17, 15) is 4.79 Å². The van der Waals surface area contributed by atoms with Crippen molar-refractivity contribution in [3.8, 4) is 0 Å². The Morgan fingerprint density at radius 3 is 2.38 bits per heavy atom. The summed E-state index contributed by atoms with van der Waals surface area (Å²) < 4.78 is 0. The standard InChI is InChI=1S/C20H17ClN2O/c21-18-9-6-13(11-19(18)23)10-15-12-16(22)7-8-17(15)20(24)14-4-2-1-3-5-14/h1-9,11-12H,10,22-23H2. The molecule has 0 aliphatic heterocycles. The van der Waals surface area contributed by atoms with Gasteiger partial charge in [0, 0.05) is 16.8 Å². The number of rotatable bonds is 4. The van der Waals surface area contributed by atoms with Crippen molar-refractivity contribution >= 4 is 28.8 Å². The van der Waals surface area contributed by atoms with Crippen LogP contribution in [0.15, 0.2) is 66.7 Å². The molecule has 24 heavy (non-hydrogen) atoms. The predicted octanol–water partition coefficient (Wildman–Crippen LogP) is 4.33. The van der Waals surface area contributed by atoms with Crippen LogP contribution >= 0.6 is 11.6 Å². The number of carbonyl (C=O) groups is 1. The van der Waals surface area contributed by atoms with Gasteiger partial charge >= 0.3 is 0 Å². The van der Waals surface area contributed by atoms with E-state index in [0.29, 0.717) is 33.9 Å². The third-order valence-electron chi connectivity index (χ3n) is 3.86. The quantitative estimate of drug-likeness (QED) is 0.550. The zero-order valence-electron chi connectivity index (χ0n) is 13.0. The fourth-order valence-electron chi connectivity index (χ4n) is 2.65. The van der Waals surface area contributed by atoms with E-state index < -0.39 is 0 Å². The molecule has 3 rings (SSSR count). The maximum Gasteiger partial charge on any atom is 0.193 e. The van der Waals surface area contributed by atoms with Gasteiger partial charge in [-0.2, -0.15) is 0 Å². The number of halogens is 1. The molecule has 0 aliphatic carbocycles. The number of ketones is 1. The Morgan fingerprint density at radius 1 is 0.917 bits per heavy atom. The highest BCUT2D eigenvalue weighted by Crippen LogP contribution is 2.24. The van der Waals surface area contributed by atoms with Gasteiger partial charge < -0.3 is 11.5 Å². The Hall–Kier alpha value is -2.78. The first kappa shape index (κ1) is 16.1. The first-order chi connectivity index (χ1) is 11.5. The van der Waals surface area contributed by atoms with Crippen LogP contribution in [0.5, 0.6) is 0 Å². The van der Waals surface area contributed by atoms with Crippen molar-refractivity contribution in [2.45, 2.75) is 6.42 Å². The zero-order valence-corrected chi connectivity index (χ0v) is 13.8. The van der Waals surface area contributed by atoms with Crippen molar-refractivity contribution in [1.82, 2.24) is 0 Å². The van der Waals surface area contributed by atoms with E-state index >= 15 is 0 Å². The molecule has 0 bridgehead atoms. The van der Waals surface area contributed by atoms with Gasteiger partial charge in [0.15, 0.2) is 5.78 Å². The van der Waals surface area contributed by atoms with Gasteiger partial charge in [0.1, 0.15) is 0 Å². The second kappa shape index (κ2) is 6.77. The second-order valence-electron chi connectivity index (χ2n) is 5.64. The number of nitrogen functional groups attached to an aromatic ring is 2. The molecule has 0 saturated heterocycles. The Kier molecular flexibility index (Phi) is 4.54. The van der Waals surface area contributed by atoms with E-state index in [-0.39, 0.29) is 5.78 Å². The van der Waals surface area contributed by atoms with Crippen molar-refractivity contribution < 1.29 is 4.79 Å². The van der Waals surface area contributed by atoms with Crippen molar-refractivity contribution in [2.24, 2.45) is 0 Å². The highest BCUT2D eigenvalue weighted by molar-refractivity contribution is 6.33. The number of hydrogen-bond acceptors (Lipinski definition) is 3. The molecule has 3 aromatic rings. The summed E-state index contributed by atoms with van der Waals surface area (Å²) in [7, 11) is 0. The van der Waals surface area contributed by atoms with Gasteiger partial charge in [0.25, 0.3) is 0 Å². The van der Waals surface area contributed by atoms with Gasteiger partial charge in [-0.25, -0.2) is 0 Å². The first-order valence-corrected chi connectivity index (χ1v) is 7.94. The van der Waals surface area contributed by atoms with Gasteiger partial charge in [-0.1, -0.05) is 48.0 Å². The summed E-state index contributed by atoms with van der Waals surface area (Å²) in [6, 6.07) is 20.0. The maximum absolute atomic E-state index is 12.8. The van der Waals surface area contributed by atoms with Crippen molar-refractivity contribution in [3.05, 3.63) is 94.0 Å². The molecule has 0 unspecified atom stereocenters. The lowest BCUT2D eigenvalue weighted by atomic mass is 9.93. The summed E-state index contributed by atoms with van der Waals surface area (Å²) in [5.41, 5.74) is 16.1. The van der Waals surface area contributed by atoms with Crippen molar-refractivity contribution in [3.63, 3.8) is 0 Å². The number of nitrogens with two attached hydrogens (primary N) is 2. The molecule has 0 radical (unpaired) electrons. The Labute approximate surface area is 145 Å². The van der Waals surface area contributed by atoms with Gasteiger partial charge in [0.2, 0.25) is 0 Å². The third-order valence-corrected chi connectivity index (χ3v) is 4.21. The van der Waals surface area contributed by atoms with E-state index in [1.165, 1.54) is 0 Å². The molecule has 0 atom stereocenters. The average molecular weight is 337 g/mol. The molecule has 0 amide bonds. The van der Waals surface area contributed by atoms with Crippen LogP contribution in [0.3, 0.4) is 0 Å². The molecular weight excluding hydrogens is 320 g/mol. The first-order valence-electron chi connectivity index (χ1n) is 7.56. The molecule has 0 fully saturated rings. The van der Waals surface area contributed by atoms with Crippen LogP contribution in [-0.4, -0.2) is 5.78 Å². The molecule has 4 N–H and O–H groups in total. The minimum atomic E-state index is -0.0208. The molecule has 0 spiro atoms. The third kappa shape index (κ3) is 3.42. The summed E-state index contributed by atoms with van der Waals surface area (Å²) >= 11 is 5.97. The van der Waals surface area contributed by atoms with Crippen LogP contribution < -0.4 is 11.5 Å². The molecule has 0 saturated carbocycles.